The lowest BCUT2D eigenvalue weighted by atomic mass is 10.1. The summed E-state index contributed by atoms with van der Waals surface area (Å²) in [7, 11) is 0. The molecule has 4 heterocycles. The zero-order valence-electron chi connectivity index (χ0n) is 13.7. The van der Waals surface area contributed by atoms with Crippen LogP contribution in [-0.4, -0.2) is 72.8 Å². The standard InChI is InChI=1S/C15H22N6O4/c16-12-9-13(18-7-17-12)21(14-11(24)10(23)8(6-22)25-14)15(19-9)20-4-2-1-3-5-20/h7-8,10-11,14,22-24H,1-6H2,(H2,16,17,18)/t8-,10+,11-,14-/m1/s1. The summed E-state index contributed by atoms with van der Waals surface area (Å²) in [6.45, 7) is 1.26. The maximum Gasteiger partial charge on any atom is 0.210 e. The Morgan fingerprint density at radius 3 is 2.60 bits per heavy atom. The topological polar surface area (TPSA) is 143 Å². The molecule has 5 N–H and O–H groups in total. The van der Waals surface area contributed by atoms with Crippen molar-refractivity contribution in [3.63, 3.8) is 0 Å². The van der Waals surface area contributed by atoms with Crippen LogP contribution >= 0.6 is 0 Å². The average Bonchev–Trinajstić information content (AvgIpc) is 3.15. The first kappa shape index (κ1) is 16.5. The van der Waals surface area contributed by atoms with Crippen molar-refractivity contribution >= 4 is 22.9 Å². The normalized spacial score (nSPS) is 30.3. The van der Waals surface area contributed by atoms with E-state index in [0.29, 0.717) is 17.1 Å². The molecule has 4 atom stereocenters. The van der Waals surface area contributed by atoms with Gasteiger partial charge in [-0.05, 0) is 19.3 Å². The molecule has 0 saturated carbocycles. The molecule has 10 nitrogen and oxygen atoms in total. The van der Waals surface area contributed by atoms with Crippen molar-refractivity contribution in [3.05, 3.63) is 6.33 Å². The molecule has 2 aliphatic heterocycles. The van der Waals surface area contributed by atoms with Gasteiger partial charge in [-0.2, -0.15) is 0 Å². The fourth-order valence-electron chi connectivity index (χ4n) is 3.56. The highest BCUT2D eigenvalue weighted by Crippen LogP contribution is 2.36. The van der Waals surface area contributed by atoms with Crippen LogP contribution in [0.4, 0.5) is 11.8 Å². The second-order valence-corrected chi connectivity index (χ2v) is 6.49. The molecule has 10 heteroatoms. The zero-order chi connectivity index (χ0) is 17.6. The molecule has 2 aromatic heterocycles. The molecule has 0 bridgehead atoms. The van der Waals surface area contributed by atoms with Crippen LogP contribution in [0.2, 0.25) is 0 Å². The monoisotopic (exact) mass is 350 g/mol. The van der Waals surface area contributed by atoms with Gasteiger partial charge in [0, 0.05) is 13.1 Å². The third-order valence-corrected chi connectivity index (χ3v) is 4.90. The van der Waals surface area contributed by atoms with E-state index in [4.69, 9.17) is 10.5 Å². The SMILES string of the molecule is Nc1ncnc2c1nc(N1CCCCC1)n2[C@@H]1O[C@H](CO)[C@H](O)[C@H]1O. The first-order valence-electron chi connectivity index (χ1n) is 8.47. The Hall–Kier alpha value is -2.01. The number of aliphatic hydroxyl groups excluding tert-OH is 3. The number of fused-ring (bicyclic) bond motifs is 1. The Kier molecular flexibility index (Phi) is 4.20. The molecule has 2 aromatic rings. The summed E-state index contributed by atoms with van der Waals surface area (Å²) in [6, 6.07) is 0. The number of hydrogen-bond donors (Lipinski definition) is 4. The molecule has 2 saturated heterocycles. The minimum absolute atomic E-state index is 0.244. The van der Waals surface area contributed by atoms with Gasteiger partial charge in [-0.1, -0.05) is 0 Å². The van der Waals surface area contributed by atoms with Crippen LogP contribution in [0.5, 0.6) is 0 Å². The lowest BCUT2D eigenvalue weighted by Crippen LogP contribution is -2.35. The second kappa shape index (κ2) is 6.37. The smallest absolute Gasteiger partial charge is 0.210 e. The third kappa shape index (κ3) is 2.61. The van der Waals surface area contributed by atoms with E-state index in [1.165, 1.54) is 6.33 Å². The number of nitrogen functional groups attached to an aromatic ring is 1. The highest BCUT2D eigenvalue weighted by atomic mass is 16.6. The maximum atomic E-state index is 10.5. The van der Waals surface area contributed by atoms with Crippen LogP contribution in [0.3, 0.4) is 0 Å². The van der Waals surface area contributed by atoms with Crippen LogP contribution in [0.25, 0.3) is 11.2 Å². The van der Waals surface area contributed by atoms with E-state index >= 15 is 0 Å². The summed E-state index contributed by atoms with van der Waals surface area (Å²) in [4.78, 5) is 14.9. The van der Waals surface area contributed by atoms with Crippen molar-refractivity contribution in [2.45, 2.75) is 43.8 Å². The van der Waals surface area contributed by atoms with Crippen molar-refractivity contribution < 1.29 is 20.1 Å². The Labute approximate surface area is 143 Å². The fourth-order valence-corrected chi connectivity index (χ4v) is 3.56. The van der Waals surface area contributed by atoms with Gasteiger partial charge in [-0.15, -0.1) is 0 Å². The second-order valence-electron chi connectivity index (χ2n) is 6.49. The Morgan fingerprint density at radius 2 is 1.92 bits per heavy atom. The summed E-state index contributed by atoms with van der Waals surface area (Å²) in [5.41, 5.74) is 6.81. The highest BCUT2D eigenvalue weighted by Gasteiger charge is 2.45. The summed E-state index contributed by atoms with van der Waals surface area (Å²) < 4.78 is 7.36. The summed E-state index contributed by atoms with van der Waals surface area (Å²) >= 11 is 0. The Bertz CT molecular complexity index is 762. The molecule has 25 heavy (non-hydrogen) atoms. The predicted octanol–water partition coefficient (Wildman–Crippen LogP) is -0.990. The van der Waals surface area contributed by atoms with Crippen LogP contribution in [0, 0.1) is 0 Å². The van der Waals surface area contributed by atoms with Crippen molar-refractivity contribution in [2.75, 3.05) is 30.3 Å². The van der Waals surface area contributed by atoms with Gasteiger partial charge in [0.1, 0.15) is 24.6 Å². The number of anilines is 2. The van der Waals surface area contributed by atoms with Crippen molar-refractivity contribution in [1.29, 1.82) is 0 Å². The molecule has 136 valence electrons. The number of nitrogens with two attached hydrogens (primary N) is 1. The van der Waals surface area contributed by atoms with E-state index in [0.717, 1.165) is 32.4 Å². The van der Waals surface area contributed by atoms with Gasteiger partial charge in [0.2, 0.25) is 5.95 Å². The van der Waals surface area contributed by atoms with Crippen LogP contribution in [0.15, 0.2) is 6.33 Å². The van der Waals surface area contributed by atoms with Gasteiger partial charge < -0.3 is 30.7 Å². The zero-order valence-corrected chi connectivity index (χ0v) is 13.7. The summed E-state index contributed by atoms with van der Waals surface area (Å²) in [5, 5.41) is 29.9. The number of piperidine rings is 1. The molecule has 0 aliphatic carbocycles. The minimum Gasteiger partial charge on any atom is -0.394 e. The molecule has 0 aromatic carbocycles. The lowest BCUT2D eigenvalue weighted by molar-refractivity contribution is -0.0504. The first-order valence-corrected chi connectivity index (χ1v) is 8.47. The Morgan fingerprint density at radius 1 is 1.16 bits per heavy atom. The fraction of sp³-hybridized carbons (Fsp3) is 0.667. The molecular formula is C15H22N6O4. The van der Waals surface area contributed by atoms with Crippen molar-refractivity contribution in [2.24, 2.45) is 0 Å². The number of hydrogen-bond acceptors (Lipinski definition) is 9. The van der Waals surface area contributed by atoms with E-state index in [1.54, 1.807) is 4.57 Å². The van der Waals surface area contributed by atoms with Gasteiger partial charge in [-0.3, -0.25) is 4.57 Å². The predicted molar refractivity (Wildman–Crippen MR) is 88.8 cm³/mol. The first-order chi connectivity index (χ1) is 12.1. The maximum absolute atomic E-state index is 10.5. The third-order valence-electron chi connectivity index (χ3n) is 4.90. The van der Waals surface area contributed by atoms with E-state index in [2.05, 4.69) is 19.9 Å². The largest absolute Gasteiger partial charge is 0.394 e. The van der Waals surface area contributed by atoms with Crippen molar-refractivity contribution in [1.82, 2.24) is 19.5 Å². The number of rotatable bonds is 3. The van der Waals surface area contributed by atoms with Gasteiger partial charge in [-0.25, -0.2) is 15.0 Å². The molecule has 4 rings (SSSR count). The average molecular weight is 350 g/mol. The molecule has 2 fully saturated rings. The minimum atomic E-state index is -1.21. The van der Waals surface area contributed by atoms with Gasteiger partial charge in [0.25, 0.3) is 0 Å². The number of imidazole rings is 1. The number of aromatic nitrogens is 4. The lowest BCUT2D eigenvalue weighted by Gasteiger charge is -2.30. The number of aliphatic hydroxyl groups is 3. The van der Waals surface area contributed by atoms with E-state index in [-0.39, 0.29) is 5.82 Å². The summed E-state index contributed by atoms with van der Waals surface area (Å²) in [6.07, 6.45) is 0.383. The molecule has 0 spiro atoms. The van der Waals surface area contributed by atoms with Crippen LogP contribution in [0.1, 0.15) is 25.5 Å². The molecule has 0 radical (unpaired) electrons. The quantitative estimate of drug-likeness (QED) is 0.548. The van der Waals surface area contributed by atoms with Gasteiger partial charge in [0.15, 0.2) is 23.2 Å². The van der Waals surface area contributed by atoms with Crippen LogP contribution < -0.4 is 10.6 Å². The van der Waals surface area contributed by atoms with Crippen molar-refractivity contribution in [3.8, 4) is 0 Å². The number of nitrogens with zero attached hydrogens (tertiary/aromatic N) is 5. The van der Waals surface area contributed by atoms with Gasteiger partial charge in [0.05, 0.1) is 6.61 Å². The van der Waals surface area contributed by atoms with E-state index < -0.39 is 31.1 Å². The molecule has 0 unspecified atom stereocenters. The summed E-state index contributed by atoms with van der Waals surface area (Å²) in [5.74, 6) is 0.825. The molecular weight excluding hydrogens is 328 g/mol. The highest BCUT2D eigenvalue weighted by molar-refractivity contribution is 5.84. The van der Waals surface area contributed by atoms with E-state index in [9.17, 15) is 15.3 Å². The number of ether oxygens (including phenoxy) is 1. The van der Waals surface area contributed by atoms with E-state index in [1.807, 2.05) is 0 Å². The van der Waals surface area contributed by atoms with Crippen LogP contribution in [-0.2, 0) is 4.74 Å². The Balaban J connectivity index is 1.84. The molecule has 2 aliphatic rings. The van der Waals surface area contributed by atoms with Gasteiger partial charge >= 0.3 is 0 Å². The molecule has 0 amide bonds.